The predicted molar refractivity (Wildman–Crippen MR) is 123 cm³/mol. The van der Waals surface area contributed by atoms with Crippen LogP contribution in [0, 0.1) is 0 Å². The van der Waals surface area contributed by atoms with Crippen LogP contribution in [-0.4, -0.2) is 27.8 Å². The fraction of sp³-hybridized carbons (Fsp3) is 0.720. The van der Waals surface area contributed by atoms with Crippen molar-refractivity contribution in [3.05, 3.63) is 17.7 Å². The number of amides is 1. The smallest absolute Gasteiger partial charge is 0.255 e. The van der Waals surface area contributed by atoms with E-state index in [0.29, 0.717) is 6.54 Å². The van der Waals surface area contributed by atoms with Crippen LogP contribution < -0.4 is 5.32 Å². The molecule has 0 unspecified atom stereocenters. The Hall–Kier alpha value is -1.91. The van der Waals surface area contributed by atoms with Crippen LogP contribution in [0.15, 0.2) is 12.1 Å². The summed E-state index contributed by atoms with van der Waals surface area (Å²) in [5.74, 6) is -2.13. The number of aromatic hydroxyl groups is 3. The zero-order valence-corrected chi connectivity index (χ0v) is 18.9. The Kier molecular flexibility index (Phi) is 14.7. The number of carbonyl (C=O) groups excluding carboxylic acids is 1. The molecular weight excluding hydrogens is 378 g/mol. The molecule has 30 heavy (non-hydrogen) atoms. The van der Waals surface area contributed by atoms with Gasteiger partial charge in [-0.25, -0.2) is 0 Å². The van der Waals surface area contributed by atoms with Gasteiger partial charge in [0.1, 0.15) is 0 Å². The molecule has 0 saturated heterocycles. The largest absolute Gasteiger partial charge is 0.504 e. The molecule has 0 aliphatic carbocycles. The third kappa shape index (κ3) is 11.3. The molecule has 5 nitrogen and oxygen atoms in total. The molecule has 172 valence electrons. The number of rotatable bonds is 18. The van der Waals surface area contributed by atoms with E-state index in [4.69, 9.17) is 0 Å². The van der Waals surface area contributed by atoms with Gasteiger partial charge in [0.2, 0.25) is 5.75 Å². The monoisotopic (exact) mass is 421 g/mol. The zero-order valence-electron chi connectivity index (χ0n) is 18.9. The fourth-order valence-corrected chi connectivity index (χ4v) is 3.72. The van der Waals surface area contributed by atoms with Crippen molar-refractivity contribution in [1.29, 1.82) is 0 Å². The third-order valence-corrected chi connectivity index (χ3v) is 5.69. The van der Waals surface area contributed by atoms with Crippen LogP contribution in [0.1, 0.15) is 120 Å². The van der Waals surface area contributed by atoms with Gasteiger partial charge >= 0.3 is 0 Å². The van der Waals surface area contributed by atoms with Gasteiger partial charge in [-0.1, -0.05) is 103 Å². The van der Waals surface area contributed by atoms with Crippen molar-refractivity contribution in [2.45, 2.75) is 110 Å². The first-order valence-corrected chi connectivity index (χ1v) is 12.1. The molecular formula is C25H43NO4. The van der Waals surface area contributed by atoms with Gasteiger partial charge in [-0.2, -0.15) is 0 Å². The van der Waals surface area contributed by atoms with Crippen LogP contribution >= 0.6 is 0 Å². The van der Waals surface area contributed by atoms with E-state index in [1.165, 1.54) is 102 Å². The maximum atomic E-state index is 12.0. The first-order chi connectivity index (χ1) is 14.6. The minimum Gasteiger partial charge on any atom is -0.504 e. The molecule has 0 saturated carbocycles. The summed E-state index contributed by atoms with van der Waals surface area (Å²) >= 11 is 0. The number of carbonyl (C=O) groups is 1. The summed E-state index contributed by atoms with van der Waals surface area (Å²) in [5, 5.41) is 31.2. The van der Waals surface area contributed by atoms with Crippen LogP contribution in [0.5, 0.6) is 17.2 Å². The van der Waals surface area contributed by atoms with Gasteiger partial charge in [0.05, 0.1) is 5.56 Å². The number of nitrogens with one attached hydrogen (secondary N) is 1. The number of unbranched alkanes of at least 4 members (excludes halogenated alkanes) is 15. The Bertz CT molecular complexity index is 589. The molecule has 5 heteroatoms. The van der Waals surface area contributed by atoms with Crippen molar-refractivity contribution < 1.29 is 20.1 Å². The number of hydrogen-bond donors (Lipinski definition) is 4. The molecule has 1 aromatic rings. The first-order valence-electron chi connectivity index (χ1n) is 12.1. The SMILES string of the molecule is CCCCCCCCCCCCCCCCCCNC(=O)c1ccc(O)c(O)c1O. The lowest BCUT2D eigenvalue weighted by atomic mass is 10.0. The summed E-state index contributed by atoms with van der Waals surface area (Å²) < 4.78 is 0. The van der Waals surface area contributed by atoms with E-state index >= 15 is 0 Å². The van der Waals surface area contributed by atoms with Gasteiger partial charge in [-0.3, -0.25) is 4.79 Å². The van der Waals surface area contributed by atoms with Crippen molar-refractivity contribution in [3.63, 3.8) is 0 Å². The van der Waals surface area contributed by atoms with Crippen molar-refractivity contribution in [2.24, 2.45) is 0 Å². The Labute approximate surface area is 182 Å². The molecule has 0 aromatic heterocycles. The van der Waals surface area contributed by atoms with Crippen molar-refractivity contribution in [2.75, 3.05) is 6.54 Å². The van der Waals surface area contributed by atoms with Gasteiger partial charge in [0.25, 0.3) is 5.91 Å². The summed E-state index contributed by atoms with van der Waals surface area (Å²) in [4.78, 5) is 12.0. The summed E-state index contributed by atoms with van der Waals surface area (Å²) in [7, 11) is 0. The van der Waals surface area contributed by atoms with Crippen LogP contribution in [0.2, 0.25) is 0 Å². The van der Waals surface area contributed by atoms with Crippen molar-refractivity contribution >= 4 is 5.91 Å². The molecule has 0 radical (unpaired) electrons. The lowest BCUT2D eigenvalue weighted by Crippen LogP contribution is -2.24. The van der Waals surface area contributed by atoms with E-state index < -0.39 is 23.2 Å². The lowest BCUT2D eigenvalue weighted by Gasteiger charge is -2.08. The number of phenols is 3. The van der Waals surface area contributed by atoms with E-state index in [1.54, 1.807) is 0 Å². The highest BCUT2D eigenvalue weighted by molar-refractivity contribution is 5.98. The van der Waals surface area contributed by atoms with E-state index in [2.05, 4.69) is 12.2 Å². The number of phenolic OH excluding ortho intramolecular Hbond substituents is 3. The summed E-state index contributed by atoms with van der Waals surface area (Å²) in [6, 6.07) is 2.49. The fourth-order valence-electron chi connectivity index (χ4n) is 3.72. The molecule has 0 spiro atoms. The topological polar surface area (TPSA) is 89.8 Å². The van der Waals surface area contributed by atoms with E-state index in [-0.39, 0.29) is 5.56 Å². The second-order valence-corrected chi connectivity index (χ2v) is 8.39. The Morgan fingerprint density at radius 2 is 1.10 bits per heavy atom. The number of hydrogen-bond acceptors (Lipinski definition) is 4. The van der Waals surface area contributed by atoms with Gasteiger partial charge < -0.3 is 20.6 Å². The predicted octanol–water partition coefficient (Wildman–Crippen LogP) is 6.79. The van der Waals surface area contributed by atoms with Crippen molar-refractivity contribution in [1.82, 2.24) is 5.32 Å². The summed E-state index contributed by atoms with van der Waals surface area (Å²) in [6.07, 6.45) is 20.9. The van der Waals surface area contributed by atoms with Crippen LogP contribution in [0.4, 0.5) is 0 Å². The summed E-state index contributed by atoms with van der Waals surface area (Å²) in [5.41, 5.74) is -0.0261. The van der Waals surface area contributed by atoms with E-state index in [0.717, 1.165) is 12.8 Å². The van der Waals surface area contributed by atoms with E-state index in [9.17, 15) is 20.1 Å². The standard InChI is InChI=1S/C25H43NO4/c1-2-3-4-5-6-7-8-9-10-11-12-13-14-15-16-17-20-26-25(30)21-18-19-22(27)24(29)23(21)28/h18-19,27-29H,2-17,20H2,1H3,(H,26,30). The second kappa shape index (κ2) is 16.8. The molecule has 1 amide bonds. The Morgan fingerprint density at radius 3 is 1.57 bits per heavy atom. The quantitative estimate of drug-likeness (QED) is 0.155. The maximum absolute atomic E-state index is 12.0. The average molecular weight is 422 g/mol. The van der Waals surface area contributed by atoms with Gasteiger partial charge in [0.15, 0.2) is 11.5 Å². The highest BCUT2D eigenvalue weighted by Gasteiger charge is 2.16. The van der Waals surface area contributed by atoms with Crippen LogP contribution in [0.25, 0.3) is 0 Å². The average Bonchev–Trinajstić information content (AvgIpc) is 2.74. The second-order valence-electron chi connectivity index (χ2n) is 8.39. The molecule has 0 fully saturated rings. The highest BCUT2D eigenvalue weighted by Crippen LogP contribution is 2.36. The van der Waals surface area contributed by atoms with Gasteiger partial charge in [-0.05, 0) is 18.6 Å². The molecule has 0 aliphatic rings. The molecule has 0 bridgehead atoms. The molecule has 1 rings (SSSR count). The third-order valence-electron chi connectivity index (χ3n) is 5.69. The Morgan fingerprint density at radius 1 is 0.667 bits per heavy atom. The first kappa shape index (κ1) is 26.1. The molecule has 0 aliphatic heterocycles. The summed E-state index contributed by atoms with van der Waals surface area (Å²) in [6.45, 7) is 2.81. The molecule has 4 N–H and O–H groups in total. The van der Waals surface area contributed by atoms with E-state index in [1.807, 2.05) is 0 Å². The van der Waals surface area contributed by atoms with Gasteiger partial charge in [0, 0.05) is 6.54 Å². The highest BCUT2D eigenvalue weighted by atomic mass is 16.3. The molecule has 0 heterocycles. The normalized spacial score (nSPS) is 11.0. The molecule has 0 atom stereocenters. The Balaban J connectivity index is 1.89. The van der Waals surface area contributed by atoms with Crippen molar-refractivity contribution in [3.8, 4) is 17.2 Å². The number of benzene rings is 1. The zero-order chi connectivity index (χ0) is 22.0. The lowest BCUT2D eigenvalue weighted by molar-refractivity contribution is 0.0949. The van der Waals surface area contributed by atoms with Crippen LogP contribution in [-0.2, 0) is 0 Å². The minimum atomic E-state index is -0.662. The van der Waals surface area contributed by atoms with Gasteiger partial charge in [-0.15, -0.1) is 0 Å². The minimum absolute atomic E-state index is 0.0261. The molecule has 1 aromatic carbocycles. The van der Waals surface area contributed by atoms with Crippen LogP contribution in [0.3, 0.4) is 0 Å². The maximum Gasteiger partial charge on any atom is 0.255 e.